The first kappa shape index (κ1) is 31.2. The molecule has 0 saturated heterocycles. The van der Waals surface area contributed by atoms with Crippen LogP contribution >= 0.6 is 0 Å². The van der Waals surface area contributed by atoms with Crippen molar-refractivity contribution in [2.75, 3.05) is 0 Å². The molecule has 228 valence electrons. The van der Waals surface area contributed by atoms with Crippen molar-refractivity contribution in [3.05, 3.63) is 153 Å². The minimum atomic E-state index is 0.497. The molecular formula is C44H44N2+2. The van der Waals surface area contributed by atoms with Crippen molar-refractivity contribution in [2.45, 2.75) is 67.2 Å². The molecule has 0 bridgehead atoms. The van der Waals surface area contributed by atoms with Crippen LogP contribution in [0, 0.1) is 13.8 Å². The maximum Gasteiger partial charge on any atom is 0.113 e. The van der Waals surface area contributed by atoms with Gasteiger partial charge in [-0.15, -0.1) is 0 Å². The molecule has 2 aliphatic carbocycles. The fourth-order valence-corrected chi connectivity index (χ4v) is 6.46. The molecule has 4 aromatic carbocycles. The third-order valence-electron chi connectivity index (χ3n) is 9.22. The van der Waals surface area contributed by atoms with Crippen LogP contribution < -0.4 is 0 Å². The van der Waals surface area contributed by atoms with Crippen LogP contribution in [0.2, 0.25) is 0 Å². The quantitative estimate of drug-likeness (QED) is 0.155. The highest BCUT2D eigenvalue weighted by Crippen LogP contribution is 2.40. The number of nitrogens with zero attached hydrogens (tertiary/aromatic N) is 2. The van der Waals surface area contributed by atoms with E-state index in [2.05, 4.69) is 151 Å². The topological polar surface area (TPSA) is 24.7 Å². The van der Waals surface area contributed by atoms with Gasteiger partial charge in [0.05, 0.1) is 39.2 Å². The molecule has 0 aliphatic heterocycles. The van der Waals surface area contributed by atoms with E-state index in [0.717, 1.165) is 22.5 Å². The van der Waals surface area contributed by atoms with Crippen LogP contribution in [-0.4, -0.2) is 0 Å². The average molecular weight is 601 g/mol. The fourth-order valence-electron chi connectivity index (χ4n) is 6.46. The van der Waals surface area contributed by atoms with E-state index in [-0.39, 0.29) is 0 Å². The van der Waals surface area contributed by atoms with Crippen molar-refractivity contribution >= 4 is 45.8 Å². The summed E-state index contributed by atoms with van der Waals surface area (Å²) < 4.78 is 0. The lowest BCUT2D eigenvalue weighted by atomic mass is 9.99. The van der Waals surface area contributed by atoms with E-state index in [1.54, 1.807) is 0 Å². The number of benzene rings is 2. The Balaban J connectivity index is 1.18. The molecule has 0 saturated carbocycles. The van der Waals surface area contributed by atoms with Crippen LogP contribution in [-0.2, 0) is 0 Å². The number of allylic oxidation sites excluding steroid dienone is 6. The second-order valence-corrected chi connectivity index (χ2v) is 13.4. The van der Waals surface area contributed by atoms with Crippen molar-refractivity contribution in [2.24, 2.45) is 10.2 Å². The number of azo groups is 1. The Labute approximate surface area is 275 Å². The lowest BCUT2D eigenvalue weighted by molar-refractivity contribution is 0.868. The van der Waals surface area contributed by atoms with Crippen molar-refractivity contribution < 1.29 is 0 Å². The van der Waals surface area contributed by atoms with Crippen LogP contribution in [0.4, 0.5) is 11.4 Å². The summed E-state index contributed by atoms with van der Waals surface area (Å²) in [5.74, 6) is 0.994. The predicted molar refractivity (Wildman–Crippen MR) is 199 cm³/mol. The molecule has 6 rings (SSSR count). The molecule has 0 spiro atoms. The molecule has 0 radical (unpaired) electrons. The molecule has 0 aromatic heterocycles. The first-order valence-electron chi connectivity index (χ1n) is 16.5. The van der Waals surface area contributed by atoms with Gasteiger partial charge in [-0.3, -0.25) is 0 Å². The highest BCUT2D eigenvalue weighted by molar-refractivity contribution is 6.03. The Morgan fingerprint density at radius 2 is 1.20 bits per heavy atom. The Kier molecular flexibility index (Phi) is 8.73. The molecule has 4 aromatic rings. The summed E-state index contributed by atoms with van der Waals surface area (Å²) in [7, 11) is 0. The van der Waals surface area contributed by atoms with E-state index in [1.807, 2.05) is 24.3 Å². The summed E-state index contributed by atoms with van der Waals surface area (Å²) in [4.78, 5) is 0. The van der Waals surface area contributed by atoms with Gasteiger partial charge in [-0.2, -0.15) is 10.2 Å². The summed E-state index contributed by atoms with van der Waals surface area (Å²) in [5.41, 5.74) is 19.8. The minimum Gasteiger partial charge on any atom is -0.151 e. The smallest absolute Gasteiger partial charge is 0.113 e. The Hall–Kier alpha value is -4.82. The maximum atomic E-state index is 4.53. The van der Waals surface area contributed by atoms with Gasteiger partial charge in [0.1, 0.15) is 5.56 Å². The Morgan fingerprint density at radius 1 is 0.630 bits per heavy atom. The van der Waals surface area contributed by atoms with Crippen LogP contribution in [0.3, 0.4) is 0 Å². The minimum absolute atomic E-state index is 0.497. The number of fused-ring (bicyclic) bond motifs is 2. The molecule has 0 atom stereocenters. The molecule has 0 amide bonds. The molecule has 0 heterocycles. The predicted octanol–water partition coefficient (Wildman–Crippen LogP) is 13.4. The van der Waals surface area contributed by atoms with Crippen molar-refractivity contribution in [1.29, 1.82) is 0 Å². The lowest BCUT2D eigenvalue weighted by Crippen LogP contribution is -1.86. The number of rotatable bonds is 6. The normalized spacial score (nSPS) is 15.6. The van der Waals surface area contributed by atoms with Gasteiger partial charge in [0.15, 0.2) is 0 Å². The first-order valence-corrected chi connectivity index (χ1v) is 16.5. The zero-order chi connectivity index (χ0) is 32.5. The lowest BCUT2D eigenvalue weighted by Gasteiger charge is -2.00. The van der Waals surface area contributed by atoms with E-state index in [9.17, 15) is 0 Å². The summed E-state index contributed by atoms with van der Waals surface area (Å²) in [6, 6.07) is 30.4. The largest absolute Gasteiger partial charge is 0.151 e. The van der Waals surface area contributed by atoms with Gasteiger partial charge < -0.3 is 0 Å². The van der Waals surface area contributed by atoms with Gasteiger partial charge in [0.2, 0.25) is 0 Å². The molecule has 46 heavy (non-hydrogen) atoms. The van der Waals surface area contributed by atoms with Crippen molar-refractivity contribution in [1.82, 2.24) is 0 Å². The van der Waals surface area contributed by atoms with E-state index in [4.69, 9.17) is 0 Å². The van der Waals surface area contributed by atoms with Crippen LogP contribution in [0.25, 0.3) is 34.4 Å². The molecule has 2 aliphatic rings. The molecule has 2 heteroatoms. The van der Waals surface area contributed by atoms with Gasteiger partial charge in [-0.05, 0) is 93.3 Å². The Bertz CT molecular complexity index is 1840. The van der Waals surface area contributed by atoms with Gasteiger partial charge in [-0.25, -0.2) is 0 Å². The van der Waals surface area contributed by atoms with Gasteiger partial charge in [-0.1, -0.05) is 52.0 Å². The van der Waals surface area contributed by atoms with E-state index in [0.29, 0.717) is 11.8 Å². The SMILES string of the molecule is CC1=C/C(=C\c2ccc(N=Nc3ccc(/C=C4\C=C(C)[c+]5cc(C(C)C)ccc(C)c54)cc3)cc2)c2c1cc(C(C)C)cc[c+]2C. The maximum absolute atomic E-state index is 4.53. The van der Waals surface area contributed by atoms with Crippen LogP contribution in [0.1, 0.15) is 109 Å². The average Bonchev–Trinajstić information content (AvgIpc) is 3.32. The second-order valence-electron chi connectivity index (χ2n) is 13.4. The highest BCUT2D eigenvalue weighted by Gasteiger charge is 2.26. The molecular weight excluding hydrogens is 556 g/mol. The van der Waals surface area contributed by atoms with Gasteiger partial charge in [0.25, 0.3) is 0 Å². The van der Waals surface area contributed by atoms with E-state index in [1.165, 1.54) is 66.8 Å². The monoisotopic (exact) mass is 600 g/mol. The van der Waals surface area contributed by atoms with Crippen molar-refractivity contribution in [3.8, 4) is 0 Å². The standard InChI is InChI=1S/C44H44N2/c1-27(2)35-15-9-29(5)43-37(21-31(7)41(43)25-35)23-33-11-17-39(18-12-33)45-46-40-19-13-34(14-20-40)24-38-22-32(8)42-26-36(28(3)4)16-10-30(6)44(38)42/h9-28H,1-8H3/q+2/b37-23+,38-24+,46-45?. The van der Waals surface area contributed by atoms with Gasteiger partial charge >= 0.3 is 0 Å². The van der Waals surface area contributed by atoms with Crippen molar-refractivity contribution in [3.63, 3.8) is 0 Å². The van der Waals surface area contributed by atoms with Gasteiger partial charge in [0, 0.05) is 75.7 Å². The molecule has 0 N–H and O–H groups in total. The van der Waals surface area contributed by atoms with Crippen LogP contribution in [0.5, 0.6) is 0 Å². The number of hydrogen-bond donors (Lipinski definition) is 0. The fraction of sp³-hybridized carbons (Fsp3) is 0.227. The summed E-state index contributed by atoms with van der Waals surface area (Å²) in [5, 5.41) is 9.05. The number of aryl methyl sites for hydroxylation is 2. The first-order chi connectivity index (χ1) is 22.1. The van der Waals surface area contributed by atoms with E-state index < -0.39 is 0 Å². The molecule has 2 nitrogen and oxygen atoms in total. The Morgan fingerprint density at radius 3 is 1.76 bits per heavy atom. The number of hydrogen-bond acceptors (Lipinski definition) is 2. The summed E-state index contributed by atoms with van der Waals surface area (Å²) in [6.45, 7) is 17.9. The third-order valence-corrected chi connectivity index (χ3v) is 9.22. The highest BCUT2D eigenvalue weighted by atomic mass is 15.1. The zero-order valence-electron chi connectivity index (χ0n) is 28.4. The summed E-state index contributed by atoms with van der Waals surface area (Å²) in [6.07, 6.45) is 9.16. The van der Waals surface area contributed by atoms with Crippen LogP contribution in [0.15, 0.2) is 107 Å². The third kappa shape index (κ3) is 6.44. The van der Waals surface area contributed by atoms with E-state index >= 15 is 0 Å². The second kappa shape index (κ2) is 12.9. The molecule has 0 unspecified atom stereocenters. The summed E-state index contributed by atoms with van der Waals surface area (Å²) >= 11 is 0. The molecule has 0 fully saturated rings. The zero-order valence-corrected chi connectivity index (χ0v) is 28.4.